The van der Waals surface area contributed by atoms with E-state index in [1.54, 1.807) is 12.1 Å². The van der Waals surface area contributed by atoms with Gasteiger partial charge in [0.25, 0.3) is 5.91 Å². The fourth-order valence-electron chi connectivity index (χ4n) is 4.17. The van der Waals surface area contributed by atoms with Crippen molar-refractivity contribution in [3.8, 4) is 10.4 Å². The number of aromatic nitrogens is 2. The van der Waals surface area contributed by atoms with Crippen LogP contribution < -0.4 is 5.32 Å². The number of thiazole rings is 1. The van der Waals surface area contributed by atoms with Crippen LogP contribution in [0.25, 0.3) is 10.4 Å². The highest BCUT2D eigenvalue weighted by Gasteiger charge is 2.34. The second-order valence-corrected chi connectivity index (χ2v) is 9.35. The molecule has 2 atom stereocenters. The summed E-state index contributed by atoms with van der Waals surface area (Å²) in [5.41, 5.74) is 2.23. The Balaban J connectivity index is 1.59. The van der Waals surface area contributed by atoms with Crippen LogP contribution in [0.4, 0.5) is 10.2 Å². The molecule has 7 heteroatoms. The quantitative estimate of drug-likeness (QED) is 0.586. The van der Waals surface area contributed by atoms with Crippen LogP contribution in [0.3, 0.4) is 0 Å². The second-order valence-electron chi connectivity index (χ2n) is 8.15. The molecule has 0 bridgehead atoms. The van der Waals surface area contributed by atoms with Crippen LogP contribution in [0.5, 0.6) is 0 Å². The summed E-state index contributed by atoms with van der Waals surface area (Å²) in [6.07, 6.45) is 2.05. The van der Waals surface area contributed by atoms with E-state index >= 15 is 0 Å². The number of benzene rings is 1. The highest BCUT2D eigenvalue weighted by molar-refractivity contribution is 7.15. The summed E-state index contributed by atoms with van der Waals surface area (Å²) in [5, 5.41) is 4.24. The first kappa shape index (κ1) is 21.4. The maximum Gasteiger partial charge on any atom is 0.274 e. The molecule has 5 nitrogen and oxygen atoms in total. The molecule has 162 valence electrons. The number of aryl methyl sites for hydroxylation is 2. The number of carbonyl (C=O) groups is 1. The van der Waals surface area contributed by atoms with Gasteiger partial charge in [0.15, 0.2) is 0 Å². The van der Waals surface area contributed by atoms with Crippen molar-refractivity contribution in [1.82, 2.24) is 14.9 Å². The Hall–Kier alpha value is -2.80. The molecule has 1 aromatic carbocycles. The SMILES string of the molecule is Cc1cccc(NCC2[C@H](C)CCCN2C(=O)c2nc(C)sc2-c2ccc(F)cc2)n1. The van der Waals surface area contributed by atoms with Crippen LogP contribution >= 0.6 is 11.3 Å². The van der Waals surface area contributed by atoms with Crippen molar-refractivity contribution >= 4 is 23.1 Å². The highest BCUT2D eigenvalue weighted by Crippen LogP contribution is 2.33. The molecule has 2 aromatic heterocycles. The lowest BCUT2D eigenvalue weighted by atomic mass is 9.90. The molecular formula is C24H27FN4OS. The van der Waals surface area contributed by atoms with Crippen LogP contribution in [0.15, 0.2) is 42.5 Å². The Morgan fingerprint density at radius 2 is 1.97 bits per heavy atom. The third-order valence-electron chi connectivity index (χ3n) is 5.80. The summed E-state index contributed by atoms with van der Waals surface area (Å²) < 4.78 is 13.4. The smallest absolute Gasteiger partial charge is 0.274 e. The minimum absolute atomic E-state index is 0.0478. The van der Waals surface area contributed by atoms with E-state index in [9.17, 15) is 9.18 Å². The molecule has 4 rings (SSSR count). The van der Waals surface area contributed by atoms with E-state index in [2.05, 4.69) is 22.2 Å². The van der Waals surface area contributed by atoms with E-state index in [0.29, 0.717) is 24.7 Å². The van der Waals surface area contributed by atoms with Gasteiger partial charge in [0.1, 0.15) is 17.3 Å². The number of pyridine rings is 1. The molecule has 0 aliphatic carbocycles. The number of piperidine rings is 1. The van der Waals surface area contributed by atoms with Crippen molar-refractivity contribution in [2.75, 3.05) is 18.4 Å². The predicted molar refractivity (Wildman–Crippen MR) is 123 cm³/mol. The highest BCUT2D eigenvalue weighted by atomic mass is 32.1. The lowest BCUT2D eigenvalue weighted by Crippen LogP contribution is -2.51. The number of hydrogen-bond acceptors (Lipinski definition) is 5. The van der Waals surface area contributed by atoms with Gasteiger partial charge in [0.05, 0.1) is 15.9 Å². The van der Waals surface area contributed by atoms with Crippen LogP contribution in [0.1, 0.15) is 41.0 Å². The molecule has 31 heavy (non-hydrogen) atoms. The van der Waals surface area contributed by atoms with E-state index in [0.717, 1.165) is 39.8 Å². The number of nitrogens with zero attached hydrogens (tertiary/aromatic N) is 3. The molecule has 3 aromatic rings. The van der Waals surface area contributed by atoms with Gasteiger partial charge in [-0.05, 0) is 62.4 Å². The molecule has 1 saturated heterocycles. The van der Waals surface area contributed by atoms with Gasteiger partial charge in [0.2, 0.25) is 0 Å². The Morgan fingerprint density at radius 1 is 1.19 bits per heavy atom. The Morgan fingerprint density at radius 3 is 2.71 bits per heavy atom. The molecule has 1 amide bonds. The van der Waals surface area contributed by atoms with Crippen LogP contribution in [-0.2, 0) is 0 Å². The number of rotatable bonds is 5. The first-order valence-corrected chi connectivity index (χ1v) is 11.5. The number of amides is 1. The maximum absolute atomic E-state index is 13.6. The average Bonchev–Trinajstić information content (AvgIpc) is 3.14. The zero-order valence-electron chi connectivity index (χ0n) is 18.1. The molecule has 0 radical (unpaired) electrons. The van der Waals surface area contributed by atoms with Crippen molar-refractivity contribution in [3.05, 3.63) is 64.7 Å². The van der Waals surface area contributed by atoms with Crippen molar-refractivity contribution in [3.63, 3.8) is 0 Å². The summed E-state index contributed by atoms with van der Waals surface area (Å²) in [5.74, 6) is 0.837. The first-order valence-electron chi connectivity index (χ1n) is 10.6. The zero-order valence-corrected chi connectivity index (χ0v) is 18.9. The summed E-state index contributed by atoms with van der Waals surface area (Å²) in [6.45, 7) is 7.40. The van der Waals surface area contributed by atoms with Gasteiger partial charge in [-0.15, -0.1) is 11.3 Å². The van der Waals surface area contributed by atoms with Gasteiger partial charge >= 0.3 is 0 Å². The fourth-order valence-corrected chi connectivity index (χ4v) is 5.08. The van der Waals surface area contributed by atoms with Crippen molar-refractivity contribution in [2.45, 2.75) is 39.7 Å². The summed E-state index contributed by atoms with van der Waals surface area (Å²) in [6, 6.07) is 12.2. The zero-order chi connectivity index (χ0) is 22.0. The second kappa shape index (κ2) is 9.14. The van der Waals surface area contributed by atoms with E-state index in [1.807, 2.05) is 36.9 Å². The lowest BCUT2D eigenvalue weighted by molar-refractivity contribution is 0.0535. The largest absolute Gasteiger partial charge is 0.368 e. The van der Waals surface area contributed by atoms with Gasteiger partial charge in [-0.2, -0.15) is 0 Å². The van der Waals surface area contributed by atoms with E-state index in [-0.39, 0.29) is 17.8 Å². The van der Waals surface area contributed by atoms with E-state index in [1.165, 1.54) is 23.5 Å². The topological polar surface area (TPSA) is 58.1 Å². The van der Waals surface area contributed by atoms with Crippen molar-refractivity contribution < 1.29 is 9.18 Å². The number of halogens is 1. The number of likely N-dealkylation sites (tertiary alicyclic amines) is 1. The van der Waals surface area contributed by atoms with Gasteiger partial charge in [-0.1, -0.05) is 25.1 Å². The van der Waals surface area contributed by atoms with Crippen LogP contribution in [0.2, 0.25) is 0 Å². The molecule has 1 aliphatic rings. The summed E-state index contributed by atoms with van der Waals surface area (Å²) in [7, 11) is 0. The van der Waals surface area contributed by atoms with Gasteiger partial charge in [-0.25, -0.2) is 14.4 Å². The van der Waals surface area contributed by atoms with E-state index < -0.39 is 0 Å². The molecule has 0 saturated carbocycles. The Bertz CT molecular complexity index is 1070. The molecule has 1 N–H and O–H groups in total. The monoisotopic (exact) mass is 438 g/mol. The van der Waals surface area contributed by atoms with Gasteiger partial charge < -0.3 is 10.2 Å². The molecule has 1 fully saturated rings. The number of carbonyl (C=O) groups excluding carboxylic acids is 1. The standard InChI is InChI=1S/C24H27FN4OS/c1-15-6-5-13-29(20(15)14-26-21-8-4-7-16(2)27-21)24(30)22-23(31-17(3)28-22)18-9-11-19(25)12-10-18/h4,7-12,15,20H,5-6,13-14H2,1-3H3,(H,26,27)/t15-,20?/m1/s1. The van der Waals surface area contributed by atoms with Crippen LogP contribution in [-0.4, -0.2) is 39.9 Å². The van der Waals surface area contributed by atoms with Gasteiger partial charge in [0, 0.05) is 18.8 Å². The third-order valence-corrected chi connectivity index (χ3v) is 6.82. The van der Waals surface area contributed by atoms with Crippen molar-refractivity contribution in [2.24, 2.45) is 5.92 Å². The minimum atomic E-state index is -0.293. The third kappa shape index (κ3) is 4.77. The maximum atomic E-state index is 13.6. The Labute approximate surface area is 186 Å². The molecule has 3 heterocycles. The molecule has 1 unspecified atom stereocenters. The minimum Gasteiger partial charge on any atom is -0.368 e. The molecule has 0 spiro atoms. The van der Waals surface area contributed by atoms with Crippen molar-refractivity contribution in [1.29, 1.82) is 0 Å². The van der Waals surface area contributed by atoms with E-state index in [4.69, 9.17) is 0 Å². The normalized spacial score (nSPS) is 18.8. The fraction of sp³-hybridized carbons (Fsp3) is 0.375. The number of anilines is 1. The molecular weight excluding hydrogens is 411 g/mol. The summed E-state index contributed by atoms with van der Waals surface area (Å²) >= 11 is 1.47. The first-order chi connectivity index (χ1) is 14.9. The average molecular weight is 439 g/mol. The Kier molecular flexibility index (Phi) is 6.32. The number of hydrogen-bond donors (Lipinski definition) is 1. The number of nitrogens with one attached hydrogen (secondary N) is 1. The van der Waals surface area contributed by atoms with Gasteiger partial charge in [-0.3, -0.25) is 4.79 Å². The molecule has 1 aliphatic heterocycles. The van der Waals surface area contributed by atoms with Crippen LogP contribution in [0, 0.1) is 25.6 Å². The predicted octanol–water partition coefficient (Wildman–Crippen LogP) is 5.31. The lowest BCUT2D eigenvalue weighted by Gasteiger charge is -2.40. The summed E-state index contributed by atoms with van der Waals surface area (Å²) in [4.78, 5) is 25.5.